The molecule has 0 aliphatic heterocycles. The van der Waals surface area contributed by atoms with Gasteiger partial charge in [-0.05, 0) is 61.2 Å². The Bertz CT molecular complexity index is 924. The molecular formula is C19H19ClN2O3S. The van der Waals surface area contributed by atoms with Crippen LogP contribution < -0.4 is 10.0 Å². The number of anilines is 2. The molecule has 1 aliphatic carbocycles. The zero-order valence-electron chi connectivity index (χ0n) is 14.0. The highest BCUT2D eigenvalue weighted by atomic mass is 35.5. The number of benzene rings is 2. The summed E-state index contributed by atoms with van der Waals surface area (Å²) >= 11 is 5.81. The van der Waals surface area contributed by atoms with Crippen molar-refractivity contribution in [1.29, 1.82) is 0 Å². The Morgan fingerprint density at radius 1 is 1.12 bits per heavy atom. The van der Waals surface area contributed by atoms with E-state index >= 15 is 0 Å². The van der Waals surface area contributed by atoms with Crippen molar-refractivity contribution < 1.29 is 13.2 Å². The van der Waals surface area contributed by atoms with Crippen molar-refractivity contribution in [3.05, 3.63) is 65.7 Å². The summed E-state index contributed by atoms with van der Waals surface area (Å²) in [5, 5.41) is 3.29. The maximum Gasteiger partial charge on any atom is 0.261 e. The van der Waals surface area contributed by atoms with Gasteiger partial charge in [0.05, 0.1) is 4.90 Å². The lowest BCUT2D eigenvalue weighted by Crippen LogP contribution is -2.16. The van der Waals surface area contributed by atoms with Gasteiger partial charge in [-0.15, -0.1) is 0 Å². The summed E-state index contributed by atoms with van der Waals surface area (Å²) in [6.45, 7) is 0. The van der Waals surface area contributed by atoms with Crippen LogP contribution in [0.4, 0.5) is 11.4 Å². The van der Waals surface area contributed by atoms with E-state index in [0.29, 0.717) is 22.8 Å². The highest BCUT2D eigenvalue weighted by Gasteiger charge is 2.17. The minimum atomic E-state index is -3.76. The van der Waals surface area contributed by atoms with Crippen molar-refractivity contribution in [2.45, 2.75) is 24.2 Å². The smallest absolute Gasteiger partial charge is 0.261 e. The lowest BCUT2D eigenvalue weighted by Gasteiger charge is -2.11. The molecule has 0 fully saturated rings. The number of allylic oxidation sites excluding steroid dienone is 2. The topological polar surface area (TPSA) is 75.3 Å². The molecule has 0 unspecified atom stereocenters. The quantitative estimate of drug-likeness (QED) is 0.716. The normalized spacial score (nSPS) is 16.4. The van der Waals surface area contributed by atoms with Gasteiger partial charge in [0.25, 0.3) is 10.0 Å². The van der Waals surface area contributed by atoms with E-state index in [0.717, 1.165) is 12.8 Å². The molecule has 136 valence electrons. The molecule has 0 spiro atoms. The third kappa shape index (κ3) is 4.86. The molecule has 26 heavy (non-hydrogen) atoms. The number of sulfonamides is 1. The number of carbonyl (C=O) groups excluding carboxylic acids is 1. The number of rotatable bonds is 6. The molecule has 1 aliphatic rings. The van der Waals surface area contributed by atoms with Gasteiger partial charge in [0.1, 0.15) is 0 Å². The third-order valence-electron chi connectivity index (χ3n) is 4.08. The standard InChI is InChI=1S/C19H19ClN2O3S/c20-15-8-10-16(11-9-15)22-26(24,25)18-7-3-6-17(13-18)21-19(23)12-14-4-1-2-5-14/h1,3-4,6-11,13-14,22H,2,5,12H2,(H,21,23)/t14-/m1/s1. The van der Waals surface area contributed by atoms with E-state index < -0.39 is 10.0 Å². The number of hydrogen-bond donors (Lipinski definition) is 2. The molecule has 2 aromatic carbocycles. The molecule has 0 saturated carbocycles. The molecule has 0 radical (unpaired) electrons. The van der Waals surface area contributed by atoms with Gasteiger partial charge < -0.3 is 5.32 Å². The zero-order valence-corrected chi connectivity index (χ0v) is 15.6. The van der Waals surface area contributed by atoms with E-state index in [1.54, 1.807) is 36.4 Å². The average molecular weight is 391 g/mol. The largest absolute Gasteiger partial charge is 0.326 e. The predicted octanol–water partition coefficient (Wildman–Crippen LogP) is 4.44. The van der Waals surface area contributed by atoms with Crippen LogP contribution in [0.1, 0.15) is 19.3 Å². The maximum atomic E-state index is 12.5. The van der Waals surface area contributed by atoms with Crippen LogP contribution in [0.25, 0.3) is 0 Å². The molecule has 3 rings (SSSR count). The van der Waals surface area contributed by atoms with Crippen LogP contribution in [0.3, 0.4) is 0 Å². The second-order valence-corrected chi connectivity index (χ2v) is 8.28. The van der Waals surface area contributed by atoms with Crippen molar-refractivity contribution in [2.24, 2.45) is 5.92 Å². The lowest BCUT2D eigenvalue weighted by molar-refractivity contribution is -0.116. The summed E-state index contributed by atoms with van der Waals surface area (Å²) in [7, 11) is -3.76. The van der Waals surface area contributed by atoms with E-state index in [-0.39, 0.29) is 16.7 Å². The summed E-state index contributed by atoms with van der Waals surface area (Å²) in [5.41, 5.74) is 0.868. The average Bonchev–Trinajstić information content (AvgIpc) is 3.10. The number of carbonyl (C=O) groups is 1. The molecule has 0 aromatic heterocycles. The van der Waals surface area contributed by atoms with Crippen LogP contribution in [0.2, 0.25) is 5.02 Å². The SMILES string of the molecule is O=C(C[C@@H]1C=CCC1)Nc1cccc(S(=O)(=O)Nc2ccc(Cl)cc2)c1. The van der Waals surface area contributed by atoms with Gasteiger partial charge in [0, 0.05) is 22.8 Å². The van der Waals surface area contributed by atoms with Crippen molar-refractivity contribution in [3.8, 4) is 0 Å². The highest BCUT2D eigenvalue weighted by molar-refractivity contribution is 7.92. The van der Waals surface area contributed by atoms with Crippen molar-refractivity contribution in [1.82, 2.24) is 0 Å². The Labute approximate surface area is 158 Å². The zero-order chi connectivity index (χ0) is 18.6. The molecule has 5 nitrogen and oxygen atoms in total. The monoisotopic (exact) mass is 390 g/mol. The molecule has 0 saturated heterocycles. The second kappa shape index (κ2) is 7.93. The van der Waals surface area contributed by atoms with Crippen LogP contribution in [-0.2, 0) is 14.8 Å². The molecule has 0 heterocycles. The van der Waals surface area contributed by atoms with Gasteiger partial charge in [-0.1, -0.05) is 29.8 Å². The van der Waals surface area contributed by atoms with E-state index in [1.165, 1.54) is 12.1 Å². The van der Waals surface area contributed by atoms with Gasteiger partial charge in [0.15, 0.2) is 0 Å². The first-order valence-electron chi connectivity index (χ1n) is 8.27. The number of halogens is 1. The summed E-state index contributed by atoms with van der Waals surface area (Å²) in [5.74, 6) is 0.134. The van der Waals surface area contributed by atoms with Crippen molar-refractivity contribution >= 4 is 38.9 Å². The fourth-order valence-electron chi connectivity index (χ4n) is 2.79. The second-order valence-electron chi connectivity index (χ2n) is 6.16. The Morgan fingerprint density at radius 3 is 2.58 bits per heavy atom. The molecular weight excluding hydrogens is 372 g/mol. The van der Waals surface area contributed by atoms with E-state index in [4.69, 9.17) is 11.6 Å². The van der Waals surface area contributed by atoms with Gasteiger partial charge in [0.2, 0.25) is 5.91 Å². The Balaban J connectivity index is 1.70. The fourth-order valence-corrected chi connectivity index (χ4v) is 4.02. The molecule has 1 atom stereocenters. The van der Waals surface area contributed by atoms with Crippen LogP contribution in [0, 0.1) is 5.92 Å². The summed E-state index contributed by atoms with van der Waals surface area (Å²) in [6, 6.07) is 12.6. The summed E-state index contributed by atoms with van der Waals surface area (Å²) < 4.78 is 27.6. The molecule has 2 N–H and O–H groups in total. The van der Waals surface area contributed by atoms with Crippen LogP contribution in [0.15, 0.2) is 65.6 Å². The van der Waals surface area contributed by atoms with Gasteiger partial charge in [-0.25, -0.2) is 8.42 Å². The number of hydrogen-bond acceptors (Lipinski definition) is 3. The first kappa shape index (κ1) is 18.5. The number of amides is 1. The van der Waals surface area contributed by atoms with Gasteiger partial charge >= 0.3 is 0 Å². The minimum absolute atomic E-state index is 0.0750. The Kier molecular flexibility index (Phi) is 5.64. The number of nitrogens with one attached hydrogen (secondary N) is 2. The predicted molar refractivity (Wildman–Crippen MR) is 104 cm³/mol. The lowest BCUT2D eigenvalue weighted by atomic mass is 10.1. The third-order valence-corrected chi connectivity index (χ3v) is 5.72. The maximum absolute atomic E-state index is 12.5. The van der Waals surface area contributed by atoms with E-state index in [2.05, 4.69) is 22.2 Å². The molecule has 0 bridgehead atoms. The minimum Gasteiger partial charge on any atom is -0.326 e. The van der Waals surface area contributed by atoms with Crippen LogP contribution in [-0.4, -0.2) is 14.3 Å². The highest BCUT2D eigenvalue weighted by Crippen LogP contribution is 2.23. The summed E-state index contributed by atoms with van der Waals surface area (Å²) in [6.07, 6.45) is 6.51. The molecule has 1 amide bonds. The van der Waals surface area contributed by atoms with Crippen molar-refractivity contribution in [3.63, 3.8) is 0 Å². The summed E-state index contributed by atoms with van der Waals surface area (Å²) in [4.78, 5) is 12.2. The van der Waals surface area contributed by atoms with Crippen LogP contribution >= 0.6 is 11.6 Å². The van der Waals surface area contributed by atoms with Crippen LogP contribution in [0.5, 0.6) is 0 Å². The Morgan fingerprint density at radius 2 is 1.88 bits per heavy atom. The Hall–Kier alpha value is -2.31. The fraction of sp³-hybridized carbons (Fsp3) is 0.211. The first-order valence-corrected chi connectivity index (χ1v) is 10.1. The van der Waals surface area contributed by atoms with E-state index in [9.17, 15) is 13.2 Å². The molecule has 7 heteroatoms. The molecule has 2 aromatic rings. The first-order chi connectivity index (χ1) is 12.4. The van der Waals surface area contributed by atoms with Gasteiger partial charge in [-0.3, -0.25) is 9.52 Å². The van der Waals surface area contributed by atoms with Crippen molar-refractivity contribution in [2.75, 3.05) is 10.0 Å². The van der Waals surface area contributed by atoms with E-state index in [1.807, 2.05) is 0 Å². The van der Waals surface area contributed by atoms with Gasteiger partial charge in [-0.2, -0.15) is 0 Å².